The summed E-state index contributed by atoms with van der Waals surface area (Å²) in [6.07, 6.45) is 5.74. The molecule has 0 unspecified atom stereocenters. The number of nitrogens with zero attached hydrogens (tertiary/aromatic N) is 5. The third kappa shape index (κ3) is 6.56. The quantitative estimate of drug-likeness (QED) is 0.438. The maximum atomic E-state index is 11.7. The molecule has 0 fully saturated rings. The summed E-state index contributed by atoms with van der Waals surface area (Å²) in [6.45, 7) is 1.34. The molecule has 4 N–H and O–H groups in total. The van der Waals surface area contributed by atoms with Crippen molar-refractivity contribution in [3.05, 3.63) is 12.7 Å². The van der Waals surface area contributed by atoms with Crippen LogP contribution in [0.4, 0.5) is 10.6 Å². The molecular formula is C18H29N7O4. The van der Waals surface area contributed by atoms with Gasteiger partial charge in [0, 0.05) is 20.6 Å². The molecule has 0 aromatic carbocycles. The Morgan fingerprint density at radius 1 is 1.24 bits per heavy atom. The Labute approximate surface area is 169 Å². The number of hydrogen-bond donors (Lipinski definition) is 3. The Kier molecular flexibility index (Phi) is 8.59. The van der Waals surface area contributed by atoms with Crippen molar-refractivity contribution in [2.75, 3.05) is 32.1 Å². The van der Waals surface area contributed by atoms with E-state index in [2.05, 4.69) is 20.3 Å². The molecule has 29 heavy (non-hydrogen) atoms. The van der Waals surface area contributed by atoms with Gasteiger partial charge in [0.15, 0.2) is 17.0 Å². The maximum absolute atomic E-state index is 11.7. The fourth-order valence-corrected chi connectivity index (χ4v) is 2.85. The SMILES string of the molecule is CN(C)c1ncnc2c1ncn2CCCCCOC(=O)N[C@@H](CCCN)C(=O)O. The standard InChI is InChI=1S/C18H29N7O4/c1-24(2)15-14-16(21-11-20-15)25(12-22-14)9-4-3-5-10-29-18(28)23-13(17(26)27)7-6-8-19/h11-13H,3-10,19H2,1-2H3,(H,23,28)(H,26,27)/t13-/m0/s1. The van der Waals surface area contributed by atoms with Crippen molar-refractivity contribution in [2.45, 2.75) is 44.7 Å². The number of carbonyl (C=O) groups is 2. The highest BCUT2D eigenvalue weighted by molar-refractivity contribution is 5.83. The van der Waals surface area contributed by atoms with Crippen molar-refractivity contribution in [2.24, 2.45) is 5.73 Å². The first-order chi connectivity index (χ1) is 13.9. The Hall–Kier alpha value is -2.95. The van der Waals surface area contributed by atoms with E-state index in [0.29, 0.717) is 19.4 Å². The molecular weight excluding hydrogens is 378 g/mol. The van der Waals surface area contributed by atoms with E-state index in [9.17, 15) is 9.59 Å². The predicted molar refractivity (Wildman–Crippen MR) is 108 cm³/mol. The molecule has 0 saturated carbocycles. The second-order valence-electron chi connectivity index (χ2n) is 6.86. The summed E-state index contributed by atoms with van der Waals surface area (Å²) in [5, 5.41) is 11.4. The van der Waals surface area contributed by atoms with Gasteiger partial charge in [-0.1, -0.05) is 0 Å². The number of anilines is 1. The molecule has 2 aromatic heterocycles. The van der Waals surface area contributed by atoms with Gasteiger partial charge in [0.2, 0.25) is 0 Å². The van der Waals surface area contributed by atoms with Crippen molar-refractivity contribution < 1.29 is 19.4 Å². The lowest BCUT2D eigenvalue weighted by Gasteiger charge is -2.14. The van der Waals surface area contributed by atoms with E-state index in [1.165, 1.54) is 6.33 Å². The average Bonchev–Trinajstić information content (AvgIpc) is 3.10. The Morgan fingerprint density at radius 2 is 2.03 bits per heavy atom. The van der Waals surface area contributed by atoms with Gasteiger partial charge in [0.1, 0.15) is 12.4 Å². The molecule has 0 radical (unpaired) electrons. The zero-order valence-electron chi connectivity index (χ0n) is 16.9. The van der Waals surface area contributed by atoms with Crippen LogP contribution in [0.1, 0.15) is 32.1 Å². The molecule has 1 amide bonds. The minimum atomic E-state index is -1.09. The van der Waals surface area contributed by atoms with Crippen LogP contribution in [-0.2, 0) is 16.1 Å². The molecule has 0 saturated heterocycles. The van der Waals surface area contributed by atoms with Crippen LogP contribution in [0.15, 0.2) is 12.7 Å². The maximum Gasteiger partial charge on any atom is 0.407 e. The molecule has 0 aliphatic carbocycles. The molecule has 0 aliphatic heterocycles. The molecule has 160 valence electrons. The number of nitrogens with two attached hydrogens (primary N) is 1. The summed E-state index contributed by atoms with van der Waals surface area (Å²) < 4.78 is 7.04. The van der Waals surface area contributed by atoms with E-state index in [0.717, 1.165) is 36.4 Å². The Morgan fingerprint density at radius 3 is 2.72 bits per heavy atom. The third-order valence-corrected chi connectivity index (χ3v) is 4.37. The number of unbranched alkanes of at least 4 members (excludes halogenated alkanes) is 2. The van der Waals surface area contributed by atoms with Crippen LogP contribution in [0.5, 0.6) is 0 Å². The smallest absolute Gasteiger partial charge is 0.407 e. The largest absolute Gasteiger partial charge is 0.480 e. The minimum Gasteiger partial charge on any atom is -0.480 e. The van der Waals surface area contributed by atoms with Crippen LogP contribution in [0.3, 0.4) is 0 Å². The molecule has 1 atom stereocenters. The van der Waals surface area contributed by atoms with Gasteiger partial charge in [-0.15, -0.1) is 0 Å². The predicted octanol–water partition coefficient (Wildman–Crippen LogP) is 0.981. The van der Waals surface area contributed by atoms with Crippen LogP contribution in [0.2, 0.25) is 0 Å². The van der Waals surface area contributed by atoms with Crippen LogP contribution in [0, 0.1) is 0 Å². The van der Waals surface area contributed by atoms with Crippen LogP contribution < -0.4 is 16.0 Å². The highest BCUT2D eigenvalue weighted by Gasteiger charge is 2.19. The number of alkyl carbamates (subject to hydrolysis) is 1. The van der Waals surface area contributed by atoms with Gasteiger partial charge in [-0.3, -0.25) is 0 Å². The minimum absolute atomic E-state index is 0.229. The van der Waals surface area contributed by atoms with Gasteiger partial charge >= 0.3 is 12.1 Å². The molecule has 2 rings (SSSR count). The number of nitrogens with one attached hydrogen (secondary N) is 1. The summed E-state index contributed by atoms with van der Waals surface area (Å²) in [4.78, 5) is 37.7. The highest BCUT2D eigenvalue weighted by atomic mass is 16.5. The number of rotatable bonds is 12. The van der Waals surface area contributed by atoms with Crippen molar-refractivity contribution in [1.29, 1.82) is 0 Å². The number of aryl methyl sites for hydroxylation is 1. The molecule has 11 heteroatoms. The first-order valence-electron chi connectivity index (χ1n) is 9.63. The zero-order valence-corrected chi connectivity index (χ0v) is 16.9. The van der Waals surface area contributed by atoms with E-state index < -0.39 is 18.1 Å². The molecule has 11 nitrogen and oxygen atoms in total. The lowest BCUT2D eigenvalue weighted by Crippen LogP contribution is -2.41. The zero-order chi connectivity index (χ0) is 21.2. The monoisotopic (exact) mass is 407 g/mol. The first kappa shape index (κ1) is 22.3. The number of aliphatic carboxylic acids is 1. The van der Waals surface area contributed by atoms with Crippen molar-refractivity contribution in [3.63, 3.8) is 0 Å². The van der Waals surface area contributed by atoms with Crippen LogP contribution in [-0.4, -0.2) is 70.0 Å². The van der Waals surface area contributed by atoms with Gasteiger partial charge in [-0.05, 0) is 38.6 Å². The summed E-state index contributed by atoms with van der Waals surface area (Å²) in [6, 6.07) is -0.977. The van der Waals surface area contributed by atoms with Gasteiger partial charge in [-0.25, -0.2) is 24.5 Å². The number of amides is 1. The lowest BCUT2D eigenvalue weighted by molar-refractivity contribution is -0.139. The number of carboxylic acids is 1. The number of fused-ring (bicyclic) bond motifs is 1. The second kappa shape index (κ2) is 11.1. The van der Waals surface area contributed by atoms with E-state index in [-0.39, 0.29) is 13.0 Å². The number of imidazole rings is 1. The average molecular weight is 407 g/mol. The normalized spacial score (nSPS) is 12.0. The molecule has 2 aromatic rings. The molecule has 2 heterocycles. The van der Waals surface area contributed by atoms with Crippen molar-refractivity contribution >= 4 is 29.0 Å². The van der Waals surface area contributed by atoms with Crippen molar-refractivity contribution in [1.82, 2.24) is 24.8 Å². The van der Waals surface area contributed by atoms with E-state index in [4.69, 9.17) is 15.6 Å². The Bertz CT molecular complexity index is 809. The van der Waals surface area contributed by atoms with E-state index in [1.54, 1.807) is 6.33 Å². The van der Waals surface area contributed by atoms with Crippen LogP contribution >= 0.6 is 0 Å². The van der Waals surface area contributed by atoms with Crippen molar-refractivity contribution in [3.8, 4) is 0 Å². The first-order valence-corrected chi connectivity index (χ1v) is 9.63. The summed E-state index contributed by atoms with van der Waals surface area (Å²) >= 11 is 0. The molecule has 0 spiro atoms. The highest BCUT2D eigenvalue weighted by Crippen LogP contribution is 2.19. The van der Waals surface area contributed by atoms with Gasteiger partial charge in [-0.2, -0.15) is 0 Å². The number of carbonyl (C=O) groups excluding carboxylic acids is 1. The van der Waals surface area contributed by atoms with Gasteiger partial charge in [0.25, 0.3) is 0 Å². The number of carboxylic acid groups (broad SMARTS) is 1. The lowest BCUT2D eigenvalue weighted by atomic mass is 10.1. The number of ether oxygens (including phenoxy) is 1. The summed E-state index contributed by atoms with van der Waals surface area (Å²) in [7, 11) is 3.82. The topological polar surface area (TPSA) is 148 Å². The number of hydrogen-bond acceptors (Lipinski definition) is 8. The summed E-state index contributed by atoms with van der Waals surface area (Å²) in [5.74, 6) is -0.316. The second-order valence-corrected chi connectivity index (χ2v) is 6.86. The van der Waals surface area contributed by atoms with Gasteiger partial charge < -0.3 is 30.4 Å². The third-order valence-electron chi connectivity index (χ3n) is 4.37. The fourth-order valence-electron chi connectivity index (χ4n) is 2.85. The molecule has 0 bridgehead atoms. The van der Waals surface area contributed by atoms with Crippen LogP contribution in [0.25, 0.3) is 11.2 Å². The number of aromatic nitrogens is 4. The Balaban J connectivity index is 1.70. The molecule has 0 aliphatic rings. The van der Waals surface area contributed by atoms with E-state index in [1.807, 2.05) is 23.6 Å². The fraction of sp³-hybridized carbons (Fsp3) is 0.611. The van der Waals surface area contributed by atoms with Gasteiger partial charge in [0.05, 0.1) is 12.9 Å². The summed E-state index contributed by atoms with van der Waals surface area (Å²) in [5.41, 5.74) is 6.92. The van der Waals surface area contributed by atoms with E-state index >= 15 is 0 Å².